The molecule has 0 atom stereocenters. The first-order chi connectivity index (χ1) is 8.20. The molecule has 2 N–H and O–H groups in total. The van der Waals surface area contributed by atoms with Gasteiger partial charge in [-0.05, 0) is 34.5 Å². The number of hydrogen-bond acceptors (Lipinski definition) is 3. The van der Waals surface area contributed by atoms with Crippen LogP contribution < -0.4 is 10.6 Å². The van der Waals surface area contributed by atoms with Gasteiger partial charge in [0.15, 0.2) is 0 Å². The largest absolute Gasteiger partial charge is 0.389 e. The SMILES string of the molecule is NC(=S)c1c(Br)cccc1N1CCCOCC1. The van der Waals surface area contributed by atoms with Crippen LogP contribution in [0.1, 0.15) is 12.0 Å². The molecule has 1 saturated heterocycles. The zero-order chi connectivity index (χ0) is 12.3. The molecule has 1 aliphatic rings. The third-order valence-corrected chi connectivity index (χ3v) is 3.67. The Hall–Kier alpha value is -0.650. The Labute approximate surface area is 115 Å². The summed E-state index contributed by atoms with van der Waals surface area (Å²) in [5.41, 5.74) is 7.82. The van der Waals surface area contributed by atoms with Crippen molar-refractivity contribution >= 4 is 38.8 Å². The van der Waals surface area contributed by atoms with Gasteiger partial charge in [-0.2, -0.15) is 0 Å². The Morgan fingerprint density at radius 3 is 2.94 bits per heavy atom. The van der Waals surface area contributed by atoms with Crippen molar-refractivity contribution in [2.24, 2.45) is 5.73 Å². The predicted octanol–water partition coefficient (Wildman–Crippen LogP) is 2.31. The lowest BCUT2D eigenvalue weighted by atomic mass is 10.1. The lowest BCUT2D eigenvalue weighted by Crippen LogP contribution is -2.28. The smallest absolute Gasteiger partial charge is 0.107 e. The fraction of sp³-hybridized carbons (Fsp3) is 0.417. The van der Waals surface area contributed by atoms with Crippen LogP contribution in [-0.2, 0) is 4.74 Å². The Bertz CT molecular complexity index is 417. The summed E-state index contributed by atoms with van der Waals surface area (Å²) in [6.07, 6.45) is 1.03. The molecule has 0 unspecified atom stereocenters. The van der Waals surface area contributed by atoms with Gasteiger partial charge in [0.1, 0.15) is 4.99 Å². The summed E-state index contributed by atoms with van der Waals surface area (Å²) in [5.74, 6) is 0. The van der Waals surface area contributed by atoms with Crippen molar-refractivity contribution in [3.05, 3.63) is 28.2 Å². The van der Waals surface area contributed by atoms with Crippen LogP contribution in [0.3, 0.4) is 0 Å². The second kappa shape index (κ2) is 5.80. The minimum atomic E-state index is 0.428. The molecule has 1 aromatic carbocycles. The molecule has 92 valence electrons. The molecule has 0 aromatic heterocycles. The number of hydrogen-bond donors (Lipinski definition) is 1. The van der Waals surface area contributed by atoms with Gasteiger partial charge < -0.3 is 15.4 Å². The van der Waals surface area contributed by atoms with Crippen molar-refractivity contribution in [1.82, 2.24) is 0 Å². The zero-order valence-corrected chi connectivity index (χ0v) is 11.9. The molecule has 1 aliphatic heterocycles. The normalized spacial score (nSPS) is 16.6. The number of nitrogens with zero attached hydrogens (tertiary/aromatic N) is 1. The van der Waals surface area contributed by atoms with Gasteiger partial charge in [0.05, 0.1) is 6.61 Å². The maximum absolute atomic E-state index is 5.80. The summed E-state index contributed by atoms with van der Waals surface area (Å²) >= 11 is 8.64. The second-order valence-electron chi connectivity index (χ2n) is 3.95. The van der Waals surface area contributed by atoms with Crippen molar-refractivity contribution in [1.29, 1.82) is 0 Å². The first-order valence-electron chi connectivity index (χ1n) is 5.61. The Morgan fingerprint density at radius 2 is 2.18 bits per heavy atom. The molecular weight excluding hydrogens is 300 g/mol. The highest BCUT2D eigenvalue weighted by atomic mass is 79.9. The number of ether oxygens (including phenoxy) is 1. The second-order valence-corrected chi connectivity index (χ2v) is 5.25. The lowest BCUT2D eigenvalue weighted by molar-refractivity contribution is 0.152. The van der Waals surface area contributed by atoms with E-state index in [2.05, 4.69) is 26.9 Å². The van der Waals surface area contributed by atoms with Crippen LogP contribution >= 0.6 is 28.1 Å². The summed E-state index contributed by atoms with van der Waals surface area (Å²) < 4.78 is 6.41. The molecule has 1 aromatic rings. The minimum Gasteiger partial charge on any atom is -0.389 e. The van der Waals surface area contributed by atoms with Crippen LogP contribution in [0.15, 0.2) is 22.7 Å². The molecule has 0 bridgehead atoms. The first kappa shape index (κ1) is 12.8. The molecule has 17 heavy (non-hydrogen) atoms. The van der Waals surface area contributed by atoms with Crippen LogP contribution in [0.5, 0.6) is 0 Å². The van der Waals surface area contributed by atoms with Gasteiger partial charge in [-0.15, -0.1) is 0 Å². The van der Waals surface area contributed by atoms with E-state index in [9.17, 15) is 0 Å². The highest BCUT2D eigenvalue weighted by Gasteiger charge is 2.16. The summed E-state index contributed by atoms with van der Waals surface area (Å²) in [6, 6.07) is 6.03. The molecule has 1 fully saturated rings. The van der Waals surface area contributed by atoms with E-state index < -0.39 is 0 Å². The fourth-order valence-electron chi connectivity index (χ4n) is 2.01. The van der Waals surface area contributed by atoms with Gasteiger partial charge in [-0.1, -0.05) is 18.3 Å². The van der Waals surface area contributed by atoms with E-state index in [1.54, 1.807) is 0 Å². The third-order valence-electron chi connectivity index (χ3n) is 2.80. The van der Waals surface area contributed by atoms with Crippen molar-refractivity contribution in [2.75, 3.05) is 31.2 Å². The Morgan fingerprint density at radius 1 is 1.35 bits per heavy atom. The van der Waals surface area contributed by atoms with E-state index in [1.807, 2.05) is 12.1 Å². The number of anilines is 1. The number of nitrogens with two attached hydrogens (primary N) is 1. The molecule has 0 amide bonds. The van der Waals surface area contributed by atoms with Gasteiger partial charge in [-0.25, -0.2) is 0 Å². The molecule has 1 heterocycles. The maximum atomic E-state index is 5.80. The van der Waals surface area contributed by atoms with E-state index in [4.69, 9.17) is 22.7 Å². The van der Waals surface area contributed by atoms with E-state index in [-0.39, 0.29) is 0 Å². The van der Waals surface area contributed by atoms with Crippen LogP contribution in [0.4, 0.5) is 5.69 Å². The average molecular weight is 315 g/mol. The fourth-order valence-corrected chi connectivity index (χ4v) is 2.92. The summed E-state index contributed by atoms with van der Waals surface area (Å²) in [5, 5.41) is 0. The van der Waals surface area contributed by atoms with Gasteiger partial charge in [-0.3, -0.25) is 0 Å². The Kier molecular flexibility index (Phi) is 4.36. The molecule has 0 spiro atoms. The van der Waals surface area contributed by atoms with Crippen LogP contribution in [-0.4, -0.2) is 31.3 Å². The molecule has 2 rings (SSSR count). The van der Waals surface area contributed by atoms with Crippen LogP contribution in [0.2, 0.25) is 0 Å². The quantitative estimate of drug-likeness (QED) is 0.850. The molecule has 5 heteroatoms. The van der Waals surface area contributed by atoms with Crippen molar-refractivity contribution in [3.63, 3.8) is 0 Å². The van der Waals surface area contributed by atoms with Crippen molar-refractivity contribution in [2.45, 2.75) is 6.42 Å². The van der Waals surface area contributed by atoms with E-state index >= 15 is 0 Å². The standard InChI is InChI=1S/C12H15BrN2OS/c13-9-3-1-4-10(11(9)12(14)17)15-5-2-7-16-8-6-15/h1,3-4H,2,5-8H2,(H2,14,17). The van der Waals surface area contributed by atoms with Gasteiger partial charge in [0.2, 0.25) is 0 Å². The highest BCUT2D eigenvalue weighted by Crippen LogP contribution is 2.28. The van der Waals surface area contributed by atoms with Crippen LogP contribution in [0, 0.1) is 0 Å². The summed E-state index contributed by atoms with van der Waals surface area (Å²) in [7, 11) is 0. The van der Waals surface area contributed by atoms with Gasteiger partial charge >= 0.3 is 0 Å². The third kappa shape index (κ3) is 2.97. The monoisotopic (exact) mass is 314 g/mol. The summed E-state index contributed by atoms with van der Waals surface area (Å²) in [4.78, 5) is 2.71. The van der Waals surface area contributed by atoms with Crippen molar-refractivity contribution in [3.8, 4) is 0 Å². The maximum Gasteiger partial charge on any atom is 0.107 e. The van der Waals surface area contributed by atoms with Gasteiger partial charge in [0, 0.05) is 35.4 Å². The Balaban J connectivity index is 2.36. The molecule has 3 nitrogen and oxygen atoms in total. The van der Waals surface area contributed by atoms with Crippen LogP contribution in [0.25, 0.3) is 0 Å². The number of halogens is 1. The zero-order valence-electron chi connectivity index (χ0n) is 9.49. The van der Waals surface area contributed by atoms with Gasteiger partial charge in [0.25, 0.3) is 0 Å². The van der Waals surface area contributed by atoms with E-state index in [0.717, 1.165) is 48.4 Å². The highest BCUT2D eigenvalue weighted by molar-refractivity contribution is 9.10. The van der Waals surface area contributed by atoms with E-state index in [0.29, 0.717) is 4.99 Å². The topological polar surface area (TPSA) is 38.5 Å². The molecule has 0 radical (unpaired) electrons. The predicted molar refractivity (Wildman–Crippen MR) is 77.7 cm³/mol. The number of benzene rings is 1. The van der Waals surface area contributed by atoms with Crippen molar-refractivity contribution < 1.29 is 4.74 Å². The summed E-state index contributed by atoms with van der Waals surface area (Å²) in [6.45, 7) is 3.44. The minimum absolute atomic E-state index is 0.428. The number of thiocarbonyl (C=S) groups is 1. The average Bonchev–Trinajstić information content (AvgIpc) is 2.56. The molecule has 0 saturated carbocycles. The molecule has 0 aliphatic carbocycles. The first-order valence-corrected chi connectivity index (χ1v) is 6.81. The lowest BCUT2D eigenvalue weighted by Gasteiger charge is -2.25. The number of rotatable bonds is 2. The van der Waals surface area contributed by atoms with E-state index in [1.165, 1.54) is 0 Å². The molecular formula is C12H15BrN2OS.